The Kier molecular flexibility index (Phi) is 7.02. The molecular formula is C24H22BrN5OS. The average Bonchev–Trinajstić information content (AvgIpc) is 3.25. The number of carbonyl (C=O) groups is 1. The van der Waals surface area contributed by atoms with Gasteiger partial charge >= 0.3 is 0 Å². The van der Waals surface area contributed by atoms with Gasteiger partial charge in [-0.15, -0.1) is 10.2 Å². The number of rotatable bonds is 7. The van der Waals surface area contributed by atoms with E-state index in [2.05, 4.69) is 67.6 Å². The van der Waals surface area contributed by atoms with Gasteiger partial charge in [-0.25, -0.2) is 0 Å². The van der Waals surface area contributed by atoms with Crippen molar-refractivity contribution in [2.24, 2.45) is 0 Å². The zero-order valence-electron chi connectivity index (χ0n) is 17.7. The summed E-state index contributed by atoms with van der Waals surface area (Å²) in [5, 5.41) is 12.4. The van der Waals surface area contributed by atoms with Gasteiger partial charge in [0.05, 0.1) is 5.75 Å². The van der Waals surface area contributed by atoms with Crippen LogP contribution in [0.15, 0.2) is 76.6 Å². The van der Waals surface area contributed by atoms with E-state index in [0.29, 0.717) is 11.0 Å². The molecule has 0 unspecified atom stereocenters. The molecule has 0 aliphatic heterocycles. The Morgan fingerprint density at radius 1 is 1.06 bits per heavy atom. The number of aryl methyl sites for hydroxylation is 2. The fraction of sp³-hybridized carbons (Fsp3) is 0.167. The second-order valence-electron chi connectivity index (χ2n) is 7.20. The van der Waals surface area contributed by atoms with Crippen LogP contribution in [-0.2, 0) is 11.2 Å². The van der Waals surface area contributed by atoms with Crippen molar-refractivity contribution >= 4 is 39.3 Å². The van der Waals surface area contributed by atoms with Crippen LogP contribution in [0.4, 0.5) is 5.69 Å². The first kappa shape index (κ1) is 22.2. The Hall–Kier alpha value is -2.97. The SMILES string of the molecule is CCc1ccc(-n2c(SCC(=O)Nc3ccc(Br)c(C)c3)nnc2-c2ccncc2)cc1. The van der Waals surface area contributed by atoms with Crippen LogP contribution in [0.2, 0.25) is 0 Å². The van der Waals surface area contributed by atoms with Crippen LogP contribution in [0.3, 0.4) is 0 Å². The van der Waals surface area contributed by atoms with Crippen LogP contribution < -0.4 is 5.32 Å². The minimum atomic E-state index is -0.0990. The van der Waals surface area contributed by atoms with Gasteiger partial charge in [0.2, 0.25) is 5.91 Å². The van der Waals surface area contributed by atoms with Crippen molar-refractivity contribution in [3.63, 3.8) is 0 Å². The molecule has 8 heteroatoms. The highest BCUT2D eigenvalue weighted by Crippen LogP contribution is 2.28. The summed E-state index contributed by atoms with van der Waals surface area (Å²) in [6, 6.07) is 17.9. The van der Waals surface area contributed by atoms with Crippen LogP contribution in [0.25, 0.3) is 17.1 Å². The van der Waals surface area contributed by atoms with Crippen molar-refractivity contribution < 1.29 is 4.79 Å². The zero-order chi connectivity index (χ0) is 22.5. The number of nitrogens with one attached hydrogen (secondary N) is 1. The highest BCUT2D eigenvalue weighted by molar-refractivity contribution is 9.10. The second-order valence-corrected chi connectivity index (χ2v) is 9.00. The molecule has 2 aromatic heterocycles. The fourth-order valence-corrected chi connectivity index (χ4v) is 4.21. The molecule has 2 aromatic carbocycles. The van der Waals surface area contributed by atoms with Crippen molar-refractivity contribution in [2.45, 2.75) is 25.4 Å². The second kappa shape index (κ2) is 10.1. The normalized spacial score (nSPS) is 10.8. The molecule has 2 heterocycles. The molecule has 32 heavy (non-hydrogen) atoms. The maximum Gasteiger partial charge on any atom is 0.234 e. The molecule has 0 bridgehead atoms. The standard InChI is InChI=1S/C24H22BrN5OS/c1-3-17-4-7-20(8-5-17)30-23(18-10-12-26-13-11-18)28-29-24(30)32-15-22(31)27-19-6-9-21(25)16(2)14-19/h4-14H,3,15H2,1-2H3,(H,27,31). The number of hydrogen-bond donors (Lipinski definition) is 1. The van der Waals surface area contributed by atoms with E-state index in [1.807, 2.05) is 41.8 Å². The largest absolute Gasteiger partial charge is 0.325 e. The van der Waals surface area contributed by atoms with Crippen LogP contribution in [0, 0.1) is 6.92 Å². The van der Waals surface area contributed by atoms with E-state index in [-0.39, 0.29) is 11.7 Å². The van der Waals surface area contributed by atoms with Crippen LogP contribution in [-0.4, -0.2) is 31.4 Å². The number of thioether (sulfide) groups is 1. The number of aromatic nitrogens is 4. The number of amides is 1. The number of pyridine rings is 1. The first-order valence-corrected chi connectivity index (χ1v) is 12.0. The van der Waals surface area contributed by atoms with E-state index < -0.39 is 0 Å². The molecule has 4 aromatic rings. The molecule has 1 amide bonds. The number of carbonyl (C=O) groups excluding carboxylic acids is 1. The number of hydrogen-bond acceptors (Lipinski definition) is 5. The monoisotopic (exact) mass is 507 g/mol. The number of benzene rings is 2. The van der Waals surface area contributed by atoms with Gasteiger partial charge in [0.1, 0.15) is 0 Å². The van der Waals surface area contributed by atoms with E-state index in [0.717, 1.165) is 33.4 Å². The highest BCUT2D eigenvalue weighted by atomic mass is 79.9. The van der Waals surface area contributed by atoms with Gasteiger partial charge in [-0.05, 0) is 66.9 Å². The predicted molar refractivity (Wildman–Crippen MR) is 132 cm³/mol. The van der Waals surface area contributed by atoms with Gasteiger partial charge in [-0.3, -0.25) is 14.3 Å². The Morgan fingerprint density at radius 3 is 2.50 bits per heavy atom. The lowest BCUT2D eigenvalue weighted by atomic mass is 10.1. The minimum absolute atomic E-state index is 0.0990. The summed E-state index contributed by atoms with van der Waals surface area (Å²) in [7, 11) is 0. The topological polar surface area (TPSA) is 72.7 Å². The summed E-state index contributed by atoms with van der Waals surface area (Å²) >= 11 is 4.83. The van der Waals surface area contributed by atoms with Crippen LogP contribution in [0.5, 0.6) is 0 Å². The van der Waals surface area contributed by atoms with E-state index in [1.165, 1.54) is 17.3 Å². The third-order valence-electron chi connectivity index (χ3n) is 4.95. The smallest absolute Gasteiger partial charge is 0.234 e. The molecule has 0 aliphatic rings. The molecule has 0 saturated carbocycles. The van der Waals surface area contributed by atoms with Crippen LogP contribution in [0.1, 0.15) is 18.1 Å². The molecule has 6 nitrogen and oxygen atoms in total. The first-order valence-electron chi connectivity index (χ1n) is 10.2. The summed E-state index contributed by atoms with van der Waals surface area (Å²) in [4.78, 5) is 16.7. The predicted octanol–water partition coefficient (Wildman–Crippen LogP) is 5.69. The molecule has 0 aliphatic carbocycles. The van der Waals surface area contributed by atoms with Crippen molar-refractivity contribution in [1.82, 2.24) is 19.7 Å². The van der Waals surface area contributed by atoms with Crippen molar-refractivity contribution in [3.8, 4) is 17.1 Å². The maximum absolute atomic E-state index is 12.6. The molecule has 0 saturated heterocycles. The minimum Gasteiger partial charge on any atom is -0.325 e. The van der Waals surface area contributed by atoms with Gasteiger partial charge in [0.25, 0.3) is 0 Å². The summed E-state index contributed by atoms with van der Waals surface area (Å²) in [5.41, 5.74) is 4.95. The summed E-state index contributed by atoms with van der Waals surface area (Å²) in [6.07, 6.45) is 4.43. The summed E-state index contributed by atoms with van der Waals surface area (Å²) in [5.74, 6) is 0.831. The lowest BCUT2D eigenvalue weighted by molar-refractivity contribution is -0.113. The van der Waals surface area contributed by atoms with E-state index >= 15 is 0 Å². The van der Waals surface area contributed by atoms with E-state index in [1.54, 1.807) is 12.4 Å². The number of nitrogens with zero attached hydrogens (tertiary/aromatic N) is 4. The van der Waals surface area contributed by atoms with Gasteiger partial charge in [0, 0.05) is 33.8 Å². The number of anilines is 1. The third kappa shape index (κ3) is 5.08. The first-order chi connectivity index (χ1) is 15.5. The lowest BCUT2D eigenvalue weighted by Gasteiger charge is -2.11. The summed E-state index contributed by atoms with van der Waals surface area (Å²) in [6.45, 7) is 4.12. The van der Waals surface area contributed by atoms with Crippen LogP contribution >= 0.6 is 27.7 Å². The van der Waals surface area contributed by atoms with Gasteiger partial charge in [-0.2, -0.15) is 0 Å². The Bertz CT molecular complexity index is 1230. The molecule has 1 N–H and O–H groups in total. The highest BCUT2D eigenvalue weighted by Gasteiger charge is 2.17. The average molecular weight is 508 g/mol. The maximum atomic E-state index is 12.6. The van der Waals surface area contributed by atoms with Gasteiger partial charge in [0.15, 0.2) is 11.0 Å². The molecule has 0 atom stereocenters. The molecule has 162 valence electrons. The molecular weight excluding hydrogens is 486 g/mol. The quantitative estimate of drug-likeness (QED) is 0.325. The molecule has 4 rings (SSSR count). The Labute approximate surface area is 199 Å². The van der Waals surface area contributed by atoms with Gasteiger partial charge < -0.3 is 5.32 Å². The van der Waals surface area contributed by atoms with Crippen molar-refractivity contribution in [2.75, 3.05) is 11.1 Å². The molecule has 0 spiro atoms. The molecule has 0 radical (unpaired) electrons. The number of halogens is 1. The Morgan fingerprint density at radius 2 is 1.81 bits per heavy atom. The Balaban J connectivity index is 1.58. The lowest BCUT2D eigenvalue weighted by Crippen LogP contribution is -2.14. The van der Waals surface area contributed by atoms with Crippen molar-refractivity contribution in [1.29, 1.82) is 0 Å². The fourth-order valence-electron chi connectivity index (χ4n) is 3.21. The van der Waals surface area contributed by atoms with E-state index in [4.69, 9.17) is 0 Å². The van der Waals surface area contributed by atoms with E-state index in [9.17, 15) is 4.79 Å². The molecule has 0 fully saturated rings. The third-order valence-corrected chi connectivity index (χ3v) is 6.77. The van der Waals surface area contributed by atoms with Crippen molar-refractivity contribution in [3.05, 3.63) is 82.6 Å². The van der Waals surface area contributed by atoms with Gasteiger partial charge in [-0.1, -0.05) is 46.7 Å². The summed E-state index contributed by atoms with van der Waals surface area (Å²) < 4.78 is 2.99. The zero-order valence-corrected chi connectivity index (χ0v) is 20.2.